The zero-order chi connectivity index (χ0) is 22.1. The Morgan fingerprint density at radius 3 is 2.84 bits per heavy atom. The van der Waals surface area contributed by atoms with Crippen molar-refractivity contribution in [3.63, 3.8) is 0 Å². The van der Waals surface area contributed by atoms with Crippen molar-refractivity contribution in [2.24, 2.45) is 0 Å². The molecule has 3 heterocycles. The molecule has 31 heavy (non-hydrogen) atoms. The summed E-state index contributed by atoms with van der Waals surface area (Å²) < 4.78 is 6.66. The molecule has 0 radical (unpaired) electrons. The highest BCUT2D eigenvalue weighted by molar-refractivity contribution is 7.16. The molecule has 1 aliphatic rings. The zero-order valence-corrected chi connectivity index (χ0v) is 18.0. The molecule has 0 saturated heterocycles. The summed E-state index contributed by atoms with van der Waals surface area (Å²) in [4.78, 5) is 55.5. The maximum absolute atomic E-state index is 12.7. The molecule has 0 unspecified atom stereocenters. The minimum absolute atomic E-state index is 0.0346. The lowest BCUT2D eigenvalue weighted by atomic mass is 10.0. The van der Waals surface area contributed by atoms with Gasteiger partial charge in [-0.3, -0.25) is 23.7 Å². The first-order chi connectivity index (χ1) is 14.8. The van der Waals surface area contributed by atoms with E-state index < -0.39 is 12.1 Å². The summed E-state index contributed by atoms with van der Waals surface area (Å²) in [6, 6.07) is 6.86. The Labute approximate surface area is 182 Å². The van der Waals surface area contributed by atoms with E-state index in [1.165, 1.54) is 36.1 Å². The highest BCUT2D eigenvalue weighted by Gasteiger charge is 2.25. The number of esters is 1. The molecule has 3 aromatic rings. The van der Waals surface area contributed by atoms with Crippen molar-refractivity contribution in [3.05, 3.63) is 57.5 Å². The van der Waals surface area contributed by atoms with E-state index in [0.29, 0.717) is 28.7 Å². The Morgan fingerprint density at radius 1 is 1.26 bits per heavy atom. The molecule has 0 saturated carbocycles. The fourth-order valence-corrected chi connectivity index (χ4v) is 4.41. The van der Waals surface area contributed by atoms with Gasteiger partial charge in [-0.05, 0) is 48.6 Å². The van der Waals surface area contributed by atoms with Crippen molar-refractivity contribution >= 4 is 44.9 Å². The summed E-state index contributed by atoms with van der Waals surface area (Å²) in [5, 5.41) is 2.31. The number of anilines is 1. The van der Waals surface area contributed by atoms with Crippen LogP contribution < -0.4 is 10.5 Å². The predicted molar refractivity (Wildman–Crippen MR) is 117 cm³/mol. The maximum atomic E-state index is 12.7. The van der Waals surface area contributed by atoms with Gasteiger partial charge in [0.25, 0.3) is 5.56 Å². The minimum Gasteiger partial charge on any atom is -0.454 e. The lowest BCUT2D eigenvalue weighted by Crippen LogP contribution is -2.27. The third-order valence-corrected chi connectivity index (χ3v) is 6.15. The summed E-state index contributed by atoms with van der Waals surface area (Å²) in [6.45, 7) is 3.76. The van der Waals surface area contributed by atoms with Gasteiger partial charge in [0.1, 0.15) is 4.83 Å². The molecule has 0 bridgehead atoms. The first kappa shape index (κ1) is 20.9. The highest BCUT2D eigenvalue weighted by Crippen LogP contribution is 2.29. The lowest BCUT2D eigenvalue weighted by Gasteiger charge is -2.16. The molecule has 0 fully saturated rings. The van der Waals surface area contributed by atoms with Gasteiger partial charge in [-0.2, -0.15) is 0 Å². The maximum Gasteiger partial charge on any atom is 0.308 e. The van der Waals surface area contributed by atoms with Crippen LogP contribution in [0.25, 0.3) is 10.2 Å². The second kappa shape index (κ2) is 8.43. The van der Waals surface area contributed by atoms with Crippen LogP contribution in [0.4, 0.5) is 5.69 Å². The Balaban J connectivity index is 1.37. The van der Waals surface area contributed by atoms with Crippen LogP contribution in [-0.4, -0.2) is 39.9 Å². The van der Waals surface area contributed by atoms with Crippen molar-refractivity contribution in [1.82, 2.24) is 9.55 Å². The third-order valence-electron chi connectivity index (χ3n) is 5.32. The molecule has 0 N–H and O–H groups in total. The molecule has 4 rings (SSSR count). The smallest absolute Gasteiger partial charge is 0.308 e. The molecule has 1 aliphatic heterocycles. The molecule has 1 atom stereocenters. The van der Waals surface area contributed by atoms with Gasteiger partial charge >= 0.3 is 5.97 Å². The predicted octanol–water partition coefficient (Wildman–Crippen LogP) is 2.57. The Hall–Kier alpha value is -3.33. The van der Waals surface area contributed by atoms with E-state index in [-0.39, 0.29) is 30.2 Å². The van der Waals surface area contributed by atoms with Crippen LogP contribution in [0.1, 0.15) is 36.2 Å². The molecule has 0 spiro atoms. The van der Waals surface area contributed by atoms with Crippen molar-refractivity contribution in [3.8, 4) is 0 Å². The van der Waals surface area contributed by atoms with E-state index in [1.807, 2.05) is 0 Å². The monoisotopic (exact) mass is 439 g/mol. The Morgan fingerprint density at radius 2 is 2.06 bits per heavy atom. The van der Waals surface area contributed by atoms with Gasteiger partial charge in [0.15, 0.2) is 6.10 Å². The summed E-state index contributed by atoms with van der Waals surface area (Å²) >= 11 is 1.38. The van der Waals surface area contributed by atoms with E-state index >= 15 is 0 Å². The quantitative estimate of drug-likeness (QED) is 0.432. The number of hydrogen-bond donors (Lipinski definition) is 0. The zero-order valence-electron chi connectivity index (χ0n) is 17.2. The normalized spacial score (nSPS) is 13.8. The van der Waals surface area contributed by atoms with E-state index in [9.17, 15) is 19.2 Å². The topological polar surface area (TPSA) is 98.6 Å². The van der Waals surface area contributed by atoms with Gasteiger partial charge < -0.3 is 9.64 Å². The number of rotatable bonds is 6. The van der Waals surface area contributed by atoms with Crippen LogP contribution >= 0.6 is 11.3 Å². The van der Waals surface area contributed by atoms with Gasteiger partial charge in [-0.15, -0.1) is 11.3 Å². The van der Waals surface area contributed by atoms with Gasteiger partial charge in [0.2, 0.25) is 11.7 Å². The van der Waals surface area contributed by atoms with Gasteiger partial charge in [0.05, 0.1) is 18.1 Å². The van der Waals surface area contributed by atoms with E-state index in [2.05, 4.69) is 4.98 Å². The average molecular weight is 439 g/mol. The van der Waals surface area contributed by atoms with Crippen molar-refractivity contribution in [2.45, 2.75) is 39.3 Å². The molecule has 0 aliphatic carbocycles. The van der Waals surface area contributed by atoms with E-state index in [1.54, 1.807) is 34.5 Å². The number of benzene rings is 1. The van der Waals surface area contributed by atoms with Crippen molar-refractivity contribution in [1.29, 1.82) is 0 Å². The number of nitrogens with zero attached hydrogens (tertiary/aromatic N) is 3. The van der Waals surface area contributed by atoms with Crippen LogP contribution in [0.2, 0.25) is 0 Å². The lowest BCUT2D eigenvalue weighted by molar-refractivity contribution is -0.146. The number of ketones is 1. The third kappa shape index (κ3) is 4.13. The molecular weight excluding hydrogens is 418 g/mol. The first-order valence-corrected chi connectivity index (χ1v) is 10.8. The van der Waals surface area contributed by atoms with Crippen molar-refractivity contribution < 1.29 is 19.1 Å². The fourth-order valence-electron chi connectivity index (χ4n) is 3.69. The number of fused-ring (bicyclic) bond motifs is 2. The highest BCUT2D eigenvalue weighted by atomic mass is 32.1. The molecular formula is C22H21N3O5S. The average Bonchev–Trinajstić information content (AvgIpc) is 3.39. The molecule has 1 amide bonds. The van der Waals surface area contributed by atoms with Gasteiger partial charge in [-0.25, -0.2) is 4.98 Å². The second-order valence-corrected chi connectivity index (χ2v) is 8.29. The second-order valence-electron chi connectivity index (χ2n) is 7.39. The van der Waals surface area contributed by atoms with Crippen LogP contribution in [0, 0.1) is 0 Å². The van der Waals surface area contributed by atoms with Gasteiger partial charge in [-0.1, -0.05) is 0 Å². The first-order valence-electron chi connectivity index (χ1n) is 9.92. The molecule has 2 aromatic heterocycles. The molecule has 8 nitrogen and oxygen atoms in total. The number of hydrogen-bond acceptors (Lipinski definition) is 7. The molecule has 1 aromatic carbocycles. The number of amides is 1. The summed E-state index contributed by atoms with van der Waals surface area (Å²) in [7, 11) is 0. The largest absolute Gasteiger partial charge is 0.454 e. The van der Waals surface area contributed by atoms with Crippen LogP contribution in [0.3, 0.4) is 0 Å². The number of Topliss-reactive ketones (excluding diaryl/α,β-unsaturated/α-hetero) is 1. The molecule has 160 valence electrons. The van der Waals surface area contributed by atoms with E-state index in [4.69, 9.17) is 4.74 Å². The summed E-state index contributed by atoms with van der Waals surface area (Å²) in [5.41, 5.74) is 1.97. The SMILES string of the molecule is CC(=O)N1CCc2cc(C(=O)[C@H](C)OC(=O)CCn3cnc4sccc4c3=O)ccc21. The number of carbonyl (C=O) groups is 3. The summed E-state index contributed by atoms with van der Waals surface area (Å²) in [5.74, 6) is -0.911. The number of ether oxygens (including phenoxy) is 1. The summed E-state index contributed by atoms with van der Waals surface area (Å²) in [6.07, 6.45) is 1.09. The number of thiophene rings is 1. The van der Waals surface area contributed by atoms with E-state index in [0.717, 1.165) is 11.3 Å². The number of aromatic nitrogens is 2. The van der Waals surface area contributed by atoms with Gasteiger partial charge in [0, 0.05) is 31.3 Å². The number of aryl methyl sites for hydroxylation is 1. The van der Waals surface area contributed by atoms with Crippen molar-refractivity contribution in [2.75, 3.05) is 11.4 Å². The minimum atomic E-state index is -0.954. The van der Waals surface area contributed by atoms with Crippen LogP contribution in [0.15, 0.2) is 40.8 Å². The molecule has 9 heteroatoms. The number of carbonyl (C=O) groups excluding carboxylic acids is 3. The standard InChI is InChI=1S/C22H21N3O5S/c1-13(20(28)16-3-4-18-15(11-16)5-9-25(18)14(2)26)30-19(27)6-8-24-12-23-21-17(22(24)29)7-10-31-21/h3-4,7,10-13H,5-6,8-9H2,1-2H3/t13-/m0/s1. The fraction of sp³-hybridized carbons (Fsp3) is 0.318. The van der Waals surface area contributed by atoms with Crippen LogP contribution in [-0.2, 0) is 27.3 Å². The van der Waals surface area contributed by atoms with Crippen LogP contribution in [0.5, 0.6) is 0 Å². The Bertz CT molecular complexity index is 1250. The Kier molecular flexibility index (Phi) is 5.69.